The van der Waals surface area contributed by atoms with E-state index in [1.54, 1.807) is 38.4 Å². The van der Waals surface area contributed by atoms with E-state index in [9.17, 15) is 14.4 Å². The maximum atomic E-state index is 11.7. The molecule has 0 aliphatic heterocycles. The van der Waals surface area contributed by atoms with Crippen LogP contribution >= 0.6 is 0 Å². The van der Waals surface area contributed by atoms with Crippen LogP contribution in [0.4, 0.5) is 0 Å². The highest BCUT2D eigenvalue weighted by molar-refractivity contribution is 5.93. The summed E-state index contributed by atoms with van der Waals surface area (Å²) in [7, 11) is 3.38. The van der Waals surface area contributed by atoms with Gasteiger partial charge < -0.3 is 4.90 Å². The van der Waals surface area contributed by atoms with Crippen LogP contribution < -0.4 is 11.2 Å². The van der Waals surface area contributed by atoms with Crippen LogP contribution in [0, 0.1) is 0 Å². The molecule has 1 N–H and O–H groups in total. The topological polar surface area (TPSA) is 75.2 Å². The standard InChI is InChI=1S/C14H15N3O3/c1-16(2)13(19)11-5-3-10(4-6-11)9-17-8-7-12(18)15-14(17)20/h3-8H,9H2,1-2H3,(H,15,18,20). The fraction of sp³-hybridized carbons (Fsp3) is 0.214. The molecule has 0 fully saturated rings. The number of H-pyrrole nitrogens is 1. The molecule has 0 radical (unpaired) electrons. The zero-order valence-electron chi connectivity index (χ0n) is 11.3. The van der Waals surface area contributed by atoms with Crippen LogP contribution in [0.3, 0.4) is 0 Å². The average Bonchev–Trinajstić information content (AvgIpc) is 2.42. The van der Waals surface area contributed by atoms with E-state index in [0.717, 1.165) is 5.56 Å². The number of aromatic amines is 1. The zero-order chi connectivity index (χ0) is 14.7. The van der Waals surface area contributed by atoms with Crippen molar-refractivity contribution in [2.45, 2.75) is 6.54 Å². The summed E-state index contributed by atoms with van der Waals surface area (Å²) in [5, 5.41) is 0. The molecule has 0 aliphatic rings. The van der Waals surface area contributed by atoms with Crippen LogP contribution in [-0.4, -0.2) is 34.5 Å². The molecule has 0 aliphatic carbocycles. The lowest BCUT2D eigenvalue weighted by atomic mass is 10.1. The lowest BCUT2D eigenvalue weighted by Gasteiger charge is -2.10. The molecule has 0 unspecified atom stereocenters. The molecule has 20 heavy (non-hydrogen) atoms. The Morgan fingerprint density at radius 1 is 1.15 bits per heavy atom. The van der Waals surface area contributed by atoms with E-state index in [-0.39, 0.29) is 5.91 Å². The number of nitrogens with one attached hydrogen (secondary N) is 1. The minimum absolute atomic E-state index is 0.0715. The van der Waals surface area contributed by atoms with Crippen molar-refractivity contribution < 1.29 is 4.79 Å². The van der Waals surface area contributed by atoms with Crippen molar-refractivity contribution in [3.63, 3.8) is 0 Å². The minimum atomic E-state index is -0.453. The van der Waals surface area contributed by atoms with Gasteiger partial charge in [-0.25, -0.2) is 4.79 Å². The Balaban J connectivity index is 2.21. The van der Waals surface area contributed by atoms with E-state index >= 15 is 0 Å². The Hall–Kier alpha value is -2.63. The number of amides is 1. The molecule has 0 spiro atoms. The maximum absolute atomic E-state index is 11.7. The highest BCUT2D eigenvalue weighted by atomic mass is 16.2. The van der Waals surface area contributed by atoms with E-state index in [1.807, 2.05) is 0 Å². The smallest absolute Gasteiger partial charge is 0.328 e. The van der Waals surface area contributed by atoms with E-state index < -0.39 is 11.2 Å². The summed E-state index contributed by atoms with van der Waals surface area (Å²) in [5.74, 6) is -0.0715. The molecule has 0 bridgehead atoms. The van der Waals surface area contributed by atoms with Gasteiger partial charge in [0.2, 0.25) is 0 Å². The third-order valence-electron chi connectivity index (χ3n) is 2.86. The molecule has 6 nitrogen and oxygen atoms in total. The van der Waals surface area contributed by atoms with E-state index in [4.69, 9.17) is 0 Å². The predicted octanol–water partition coefficient (Wildman–Crippen LogP) is 0.287. The summed E-state index contributed by atoms with van der Waals surface area (Å²) in [6.45, 7) is 0.339. The van der Waals surface area contributed by atoms with Crippen molar-refractivity contribution in [2.75, 3.05) is 14.1 Å². The number of rotatable bonds is 3. The first kappa shape index (κ1) is 13.8. The molecule has 1 aromatic heterocycles. The third kappa shape index (κ3) is 3.03. The molecular formula is C14H15N3O3. The van der Waals surface area contributed by atoms with Gasteiger partial charge in [0.15, 0.2) is 0 Å². The molecule has 1 amide bonds. The van der Waals surface area contributed by atoms with Crippen LogP contribution in [0.5, 0.6) is 0 Å². The molecule has 104 valence electrons. The first-order valence-electron chi connectivity index (χ1n) is 6.08. The maximum Gasteiger partial charge on any atom is 0.328 e. The van der Waals surface area contributed by atoms with E-state index in [0.29, 0.717) is 12.1 Å². The summed E-state index contributed by atoms with van der Waals surface area (Å²) in [6.07, 6.45) is 1.44. The monoisotopic (exact) mass is 273 g/mol. The van der Waals surface area contributed by atoms with Gasteiger partial charge in [-0.15, -0.1) is 0 Å². The van der Waals surface area contributed by atoms with Gasteiger partial charge in [-0.1, -0.05) is 12.1 Å². The summed E-state index contributed by atoms with van der Waals surface area (Å²) in [5.41, 5.74) is 0.589. The summed E-state index contributed by atoms with van der Waals surface area (Å²) < 4.78 is 1.39. The van der Waals surface area contributed by atoms with Crippen LogP contribution in [0.15, 0.2) is 46.1 Å². The van der Waals surface area contributed by atoms with Crippen molar-refractivity contribution in [3.05, 3.63) is 68.5 Å². The van der Waals surface area contributed by atoms with Crippen molar-refractivity contribution >= 4 is 5.91 Å². The summed E-state index contributed by atoms with van der Waals surface area (Å²) in [4.78, 5) is 38.0. The molecule has 1 aromatic carbocycles. The second kappa shape index (κ2) is 5.56. The normalized spacial score (nSPS) is 10.3. The van der Waals surface area contributed by atoms with E-state index in [2.05, 4.69) is 4.98 Å². The summed E-state index contributed by atoms with van der Waals surface area (Å²) >= 11 is 0. The molecule has 6 heteroatoms. The Bertz CT molecular complexity index is 726. The minimum Gasteiger partial charge on any atom is -0.345 e. The average molecular weight is 273 g/mol. The zero-order valence-corrected chi connectivity index (χ0v) is 11.3. The van der Waals surface area contributed by atoms with Crippen molar-refractivity contribution in [2.24, 2.45) is 0 Å². The second-order valence-electron chi connectivity index (χ2n) is 4.63. The number of hydrogen-bond donors (Lipinski definition) is 1. The van der Waals surface area contributed by atoms with Crippen molar-refractivity contribution in [1.29, 1.82) is 0 Å². The fourth-order valence-electron chi connectivity index (χ4n) is 1.78. The quantitative estimate of drug-likeness (QED) is 0.873. The number of hydrogen-bond acceptors (Lipinski definition) is 3. The van der Waals surface area contributed by atoms with Crippen molar-refractivity contribution in [1.82, 2.24) is 14.5 Å². The Labute approximate surface area is 115 Å². The number of carbonyl (C=O) groups is 1. The van der Waals surface area contributed by atoms with Crippen LogP contribution in [0.2, 0.25) is 0 Å². The number of aromatic nitrogens is 2. The molecule has 0 saturated carbocycles. The molecule has 1 heterocycles. The van der Waals surface area contributed by atoms with Gasteiger partial charge in [-0.05, 0) is 17.7 Å². The van der Waals surface area contributed by atoms with Gasteiger partial charge in [0.1, 0.15) is 0 Å². The Kier molecular flexibility index (Phi) is 3.84. The Morgan fingerprint density at radius 2 is 1.80 bits per heavy atom. The Morgan fingerprint density at radius 3 is 2.35 bits per heavy atom. The van der Waals surface area contributed by atoms with Gasteiger partial charge >= 0.3 is 5.69 Å². The molecule has 0 atom stereocenters. The third-order valence-corrected chi connectivity index (χ3v) is 2.86. The molecule has 2 aromatic rings. The number of carbonyl (C=O) groups excluding carboxylic acids is 1. The molecule has 2 rings (SSSR count). The van der Waals surface area contributed by atoms with Gasteiger partial charge in [-0.2, -0.15) is 0 Å². The van der Waals surface area contributed by atoms with Gasteiger partial charge in [0.05, 0.1) is 6.54 Å². The van der Waals surface area contributed by atoms with Crippen LogP contribution in [0.25, 0.3) is 0 Å². The molecule has 0 saturated heterocycles. The summed E-state index contributed by atoms with van der Waals surface area (Å²) in [6, 6.07) is 8.30. The first-order valence-corrected chi connectivity index (χ1v) is 6.08. The van der Waals surface area contributed by atoms with Gasteiger partial charge in [-0.3, -0.25) is 19.1 Å². The largest absolute Gasteiger partial charge is 0.345 e. The number of benzene rings is 1. The predicted molar refractivity (Wildman–Crippen MR) is 74.9 cm³/mol. The van der Waals surface area contributed by atoms with Crippen LogP contribution in [0.1, 0.15) is 15.9 Å². The lowest BCUT2D eigenvalue weighted by Crippen LogP contribution is -2.28. The fourth-order valence-corrected chi connectivity index (χ4v) is 1.78. The van der Waals surface area contributed by atoms with E-state index in [1.165, 1.54) is 21.7 Å². The van der Waals surface area contributed by atoms with Crippen LogP contribution in [-0.2, 0) is 6.54 Å². The van der Waals surface area contributed by atoms with Crippen molar-refractivity contribution in [3.8, 4) is 0 Å². The first-order chi connectivity index (χ1) is 9.47. The highest BCUT2D eigenvalue weighted by Crippen LogP contribution is 2.07. The lowest BCUT2D eigenvalue weighted by molar-refractivity contribution is 0.0827. The molecular weight excluding hydrogens is 258 g/mol. The number of nitrogens with zero attached hydrogens (tertiary/aromatic N) is 2. The van der Waals surface area contributed by atoms with Gasteiger partial charge in [0.25, 0.3) is 11.5 Å². The van der Waals surface area contributed by atoms with Gasteiger partial charge in [0, 0.05) is 31.9 Å². The SMILES string of the molecule is CN(C)C(=O)c1ccc(Cn2ccc(=O)[nH]c2=O)cc1. The highest BCUT2D eigenvalue weighted by Gasteiger charge is 2.07. The second-order valence-corrected chi connectivity index (χ2v) is 4.63.